The number of amides is 4. The number of phenolic OH excluding ortho intramolecular Hbond substituents is 1. The Morgan fingerprint density at radius 1 is 0.892 bits per heavy atom. The number of rotatable bonds is 15. The van der Waals surface area contributed by atoms with Crippen LogP contribution in [0.5, 0.6) is 5.75 Å². The van der Waals surface area contributed by atoms with Crippen molar-refractivity contribution in [3.8, 4) is 5.75 Å². The third kappa shape index (κ3) is 11.7. The molecule has 0 aromatic heterocycles. The molecule has 15 heteroatoms. The molecule has 1 aromatic rings. The fourth-order valence-corrected chi connectivity index (χ4v) is 3.10. The minimum absolute atomic E-state index is 0.00746. The zero-order valence-electron chi connectivity index (χ0n) is 20.3. The van der Waals surface area contributed by atoms with E-state index in [-0.39, 0.29) is 37.5 Å². The number of nitrogens with one attached hydrogen (secondary N) is 3. The number of carboxylic acid groups (broad SMARTS) is 1. The molecule has 0 heterocycles. The largest absolute Gasteiger partial charge is 0.508 e. The van der Waals surface area contributed by atoms with Gasteiger partial charge in [0.05, 0.1) is 12.5 Å². The molecule has 15 nitrogen and oxygen atoms in total. The minimum Gasteiger partial charge on any atom is -0.508 e. The summed E-state index contributed by atoms with van der Waals surface area (Å²) in [4.78, 5) is 64.9. The van der Waals surface area contributed by atoms with Crippen LogP contribution in [-0.4, -0.2) is 76.5 Å². The van der Waals surface area contributed by atoms with Crippen molar-refractivity contribution in [1.29, 1.82) is 0 Å². The molecular weight excluding hydrogens is 488 g/mol. The Labute approximate surface area is 213 Å². The molecule has 1 aromatic carbocycles. The lowest BCUT2D eigenvalue weighted by molar-refractivity contribution is -0.142. The number of aliphatic imine (C=N–C) groups is 1. The number of nitrogens with two attached hydrogens (primary N) is 4. The Kier molecular flexibility index (Phi) is 12.3. The van der Waals surface area contributed by atoms with Crippen molar-refractivity contribution in [2.45, 2.75) is 56.8 Å². The van der Waals surface area contributed by atoms with Gasteiger partial charge in [0.2, 0.25) is 23.6 Å². The van der Waals surface area contributed by atoms with Gasteiger partial charge in [0.25, 0.3) is 0 Å². The van der Waals surface area contributed by atoms with Crippen LogP contribution in [0.3, 0.4) is 0 Å². The van der Waals surface area contributed by atoms with Gasteiger partial charge in [0, 0.05) is 13.0 Å². The van der Waals surface area contributed by atoms with Crippen molar-refractivity contribution in [2.75, 3.05) is 6.54 Å². The Hall–Kier alpha value is -4.40. The maximum atomic E-state index is 13.1. The molecule has 0 spiro atoms. The number of hydrogen-bond donors (Lipinski definition) is 9. The van der Waals surface area contributed by atoms with Crippen LogP contribution in [0.25, 0.3) is 0 Å². The predicted molar refractivity (Wildman–Crippen MR) is 133 cm³/mol. The number of guanidine groups is 1. The summed E-state index contributed by atoms with van der Waals surface area (Å²) >= 11 is 0. The molecular formula is C22H34N8O7. The van der Waals surface area contributed by atoms with Gasteiger partial charge in [-0.2, -0.15) is 0 Å². The van der Waals surface area contributed by atoms with Crippen molar-refractivity contribution in [3.05, 3.63) is 29.8 Å². The van der Waals surface area contributed by atoms with Gasteiger partial charge >= 0.3 is 5.97 Å². The van der Waals surface area contributed by atoms with Crippen molar-refractivity contribution in [2.24, 2.45) is 27.9 Å². The lowest BCUT2D eigenvalue weighted by atomic mass is 10.0. The molecule has 1 rings (SSSR count). The highest BCUT2D eigenvalue weighted by Gasteiger charge is 2.30. The number of benzene rings is 1. The van der Waals surface area contributed by atoms with Crippen LogP contribution in [0.1, 0.15) is 31.7 Å². The zero-order valence-corrected chi connectivity index (χ0v) is 20.3. The molecule has 0 radical (unpaired) electrons. The molecule has 13 N–H and O–H groups in total. The molecule has 4 atom stereocenters. The van der Waals surface area contributed by atoms with Gasteiger partial charge in [-0.3, -0.25) is 24.2 Å². The van der Waals surface area contributed by atoms with Crippen molar-refractivity contribution < 1.29 is 34.2 Å². The monoisotopic (exact) mass is 522 g/mol. The molecule has 0 fully saturated rings. The third-order valence-corrected chi connectivity index (χ3v) is 5.02. The Morgan fingerprint density at radius 3 is 1.95 bits per heavy atom. The summed E-state index contributed by atoms with van der Waals surface area (Å²) in [6, 6.07) is 0.688. The fourth-order valence-electron chi connectivity index (χ4n) is 3.10. The van der Waals surface area contributed by atoms with E-state index in [9.17, 15) is 34.2 Å². The molecule has 0 aliphatic heterocycles. The van der Waals surface area contributed by atoms with Crippen molar-refractivity contribution in [3.63, 3.8) is 0 Å². The maximum Gasteiger partial charge on any atom is 0.326 e. The van der Waals surface area contributed by atoms with E-state index < -0.39 is 60.2 Å². The van der Waals surface area contributed by atoms with Gasteiger partial charge in [-0.05, 0) is 37.5 Å². The first-order chi connectivity index (χ1) is 17.3. The standard InChI is InChI=1S/C22H34N8O7/c1-11(23)18(33)29-16(10-17(24)32)20(35)30-15(9-12-4-6-13(31)7-5-12)19(34)28-14(21(36)37)3-2-8-27-22(25)26/h4-7,11,14-16,31H,2-3,8-10,23H2,1H3,(H2,24,32)(H,28,34)(H,29,33)(H,30,35)(H,36,37)(H4,25,26,27). The van der Waals surface area contributed by atoms with Crippen LogP contribution in [0.4, 0.5) is 0 Å². The summed E-state index contributed by atoms with van der Waals surface area (Å²) in [5.74, 6) is -4.87. The highest BCUT2D eigenvalue weighted by Crippen LogP contribution is 2.12. The van der Waals surface area contributed by atoms with E-state index in [2.05, 4.69) is 20.9 Å². The fraction of sp³-hybridized carbons (Fsp3) is 0.455. The summed E-state index contributed by atoms with van der Waals surface area (Å²) in [7, 11) is 0. The second-order valence-electron chi connectivity index (χ2n) is 8.30. The molecule has 0 saturated heterocycles. The van der Waals surface area contributed by atoms with Gasteiger partial charge in [-0.15, -0.1) is 0 Å². The molecule has 0 aliphatic rings. The van der Waals surface area contributed by atoms with Gasteiger partial charge in [0.1, 0.15) is 23.9 Å². The van der Waals surface area contributed by atoms with Crippen LogP contribution in [0, 0.1) is 0 Å². The second-order valence-corrected chi connectivity index (χ2v) is 8.30. The lowest BCUT2D eigenvalue weighted by Crippen LogP contribution is -2.58. The van der Waals surface area contributed by atoms with Crippen LogP contribution in [-0.2, 0) is 30.4 Å². The van der Waals surface area contributed by atoms with Gasteiger partial charge in [0.15, 0.2) is 5.96 Å². The predicted octanol–water partition coefficient (Wildman–Crippen LogP) is -3.25. The number of aliphatic carboxylic acids is 1. The number of carboxylic acids is 1. The number of carbonyl (C=O) groups excluding carboxylic acids is 4. The lowest BCUT2D eigenvalue weighted by Gasteiger charge is -2.24. The highest BCUT2D eigenvalue weighted by atomic mass is 16.4. The Bertz CT molecular complexity index is 993. The first kappa shape index (κ1) is 30.6. The Morgan fingerprint density at radius 2 is 1.43 bits per heavy atom. The van der Waals surface area contributed by atoms with Crippen LogP contribution in [0.15, 0.2) is 29.3 Å². The summed E-state index contributed by atoms with van der Waals surface area (Å²) in [6.45, 7) is 1.51. The van der Waals surface area contributed by atoms with Gasteiger partial charge in [-0.25, -0.2) is 4.79 Å². The zero-order chi connectivity index (χ0) is 28.1. The van der Waals surface area contributed by atoms with Crippen LogP contribution in [0.2, 0.25) is 0 Å². The molecule has 4 amide bonds. The van der Waals surface area contributed by atoms with E-state index in [1.165, 1.54) is 31.2 Å². The quantitative estimate of drug-likeness (QED) is 0.0630. The van der Waals surface area contributed by atoms with E-state index in [1.807, 2.05) is 0 Å². The van der Waals surface area contributed by atoms with Gasteiger partial charge < -0.3 is 49.1 Å². The van der Waals surface area contributed by atoms with E-state index in [0.29, 0.717) is 5.56 Å². The van der Waals surface area contributed by atoms with Crippen molar-refractivity contribution >= 4 is 35.6 Å². The molecule has 204 valence electrons. The minimum atomic E-state index is -1.43. The van der Waals surface area contributed by atoms with Gasteiger partial charge in [-0.1, -0.05) is 12.1 Å². The number of carbonyl (C=O) groups is 5. The van der Waals surface area contributed by atoms with E-state index in [0.717, 1.165) is 0 Å². The molecule has 0 aliphatic carbocycles. The maximum absolute atomic E-state index is 13.1. The number of primary amides is 1. The molecule has 0 saturated carbocycles. The topological polar surface area (TPSA) is 278 Å². The first-order valence-electron chi connectivity index (χ1n) is 11.3. The third-order valence-electron chi connectivity index (χ3n) is 5.02. The average molecular weight is 523 g/mol. The summed E-state index contributed by atoms with van der Waals surface area (Å²) in [5.41, 5.74) is 21.7. The van der Waals surface area contributed by atoms with E-state index in [1.54, 1.807) is 0 Å². The van der Waals surface area contributed by atoms with E-state index >= 15 is 0 Å². The number of nitrogens with zero attached hydrogens (tertiary/aromatic N) is 1. The first-order valence-corrected chi connectivity index (χ1v) is 11.3. The molecule has 4 unspecified atom stereocenters. The normalized spacial score (nSPS) is 13.8. The number of aromatic hydroxyl groups is 1. The summed E-state index contributed by atoms with van der Waals surface area (Å²) in [5, 5.41) is 26.1. The van der Waals surface area contributed by atoms with Crippen molar-refractivity contribution in [1.82, 2.24) is 16.0 Å². The Balaban J connectivity index is 3.12. The second kappa shape index (κ2) is 14.9. The van der Waals surface area contributed by atoms with Crippen LogP contribution >= 0.6 is 0 Å². The summed E-state index contributed by atoms with van der Waals surface area (Å²) in [6.07, 6.45) is -0.441. The summed E-state index contributed by atoms with van der Waals surface area (Å²) < 4.78 is 0. The SMILES string of the molecule is CC(N)C(=O)NC(CC(N)=O)C(=O)NC(Cc1ccc(O)cc1)C(=O)NC(CCCN=C(N)N)C(=O)O. The molecule has 37 heavy (non-hydrogen) atoms. The van der Waals surface area contributed by atoms with E-state index in [4.69, 9.17) is 22.9 Å². The molecule has 0 bridgehead atoms. The average Bonchev–Trinajstić information content (AvgIpc) is 2.80. The van der Waals surface area contributed by atoms with Crippen LogP contribution < -0.4 is 38.9 Å². The smallest absolute Gasteiger partial charge is 0.326 e. The number of phenols is 1. The number of hydrogen-bond acceptors (Lipinski definition) is 8. The highest BCUT2D eigenvalue weighted by molar-refractivity contribution is 5.96.